The summed E-state index contributed by atoms with van der Waals surface area (Å²) in [7, 11) is 1.98. The highest BCUT2D eigenvalue weighted by molar-refractivity contribution is 7.16. The molecule has 1 aliphatic carbocycles. The highest BCUT2D eigenvalue weighted by Gasteiger charge is 2.27. The smallest absolute Gasteiger partial charge is 0.259 e. The summed E-state index contributed by atoms with van der Waals surface area (Å²) in [6, 6.07) is 11.5. The molecule has 144 valence electrons. The number of hydrogen-bond acceptors (Lipinski definition) is 4. The lowest BCUT2D eigenvalue weighted by Gasteiger charge is -2.12. The lowest BCUT2D eigenvalue weighted by Crippen LogP contribution is -2.14. The van der Waals surface area contributed by atoms with Crippen LogP contribution < -0.4 is 10.1 Å². The zero-order valence-corrected chi connectivity index (χ0v) is 16.9. The van der Waals surface area contributed by atoms with Crippen LogP contribution in [0.5, 0.6) is 5.75 Å². The number of aliphatic imine (C=N–C) groups is 1. The highest BCUT2D eigenvalue weighted by Crippen LogP contribution is 2.41. The van der Waals surface area contributed by atoms with Crippen LogP contribution >= 0.6 is 11.3 Å². The van der Waals surface area contributed by atoms with E-state index in [1.165, 1.54) is 4.88 Å². The number of fused-ring (bicyclic) bond motifs is 1. The fraction of sp³-hybridized carbons (Fsp3) is 0.273. The average Bonchev–Trinajstić information content (AvgIpc) is 3.37. The first-order valence-corrected chi connectivity index (χ1v) is 10.3. The summed E-state index contributed by atoms with van der Waals surface area (Å²) in [5.41, 5.74) is 3.54. The molecular weight excluding hydrogens is 370 g/mol. The van der Waals surface area contributed by atoms with Gasteiger partial charge in [0.05, 0.1) is 29.8 Å². The van der Waals surface area contributed by atoms with Crippen molar-refractivity contribution >= 4 is 34.1 Å². The van der Waals surface area contributed by atoms with Gasteiger partial charge in [-0.2, -0.15) is 0 Å². The molecule has 5 nitrogen and oxygen atoms in total. The number of nitrogens with one attached hydrogen (secondary N) is 1. The van der Waals surface area contributed by atoms with Crippen LogP contribution in [0, 0.1) is 0 Å². The van der Waals surface area contributed by atoms with Crippen LogP contribution in [0.15, 0.2) is 47.6 Å². The first-order chi connectivity index (χ1) is 13.7. The van der Waals surface area contributed by atoms with Crippen molar-refractivity contribution in [3.05, 3.63) is 64.3 Å². The standard InChI is InChI=1S/C22H23N3O2S/c1-3-27-18-11-5-4-10-17(18)24-21(26)20-16-9-6-12-19(16)28-22(20)23-14-15-8-7-13-25(15)2/h4-5,7-8,10-11,13-14H,3,6,9,12H2,1-2H3,(H,24,26)/b23-14-. The minimum Gasteiger partial charge on any atom is -0.492 e. The Hall–Kier alpha value is -2.86. The minimum atomic E-state index is -0.120. The van der Waals surface area contributed by atoms with Gasteiger partial charge < -0.3 is 14.6 Å². The van der Waals surface area contributed by atoms with Gasteiger partial charge in [-0.3, -0.25) is 4.79 Å². The molecule has 0 saturated heterocycles. The summed E-state index contributed by atoms with van der Waals surface area (Å²) < 4.78 is 7.65. The molecule has 0 radical (unpaired) electrons. The van der Waals surface area contributed by atoms with Crippen LogP contribution in [-0.4, -0.2) is 23.3 Å². The van der Waals surface area contributed by atoms with Gasteiger partial charge in [0.25, 0.3) is 5.91 Å². The summed E-state index contributed by atoms with van der Waals surface area (Å²) in [5.74, 6) is 0.560. The van der Waals surface area contributed by atoms with E-state index in [-0.39, 0.29) is 5.91 Å². The summed E-state index contributed by atoms with van der Waals surface area (Å²) in [6.45, 7) is 2.48. The second-order valence-electron chi connectivity index (χ2n) is 6.72. The Kier molecular flexibility index (Phi) is 5.30. The number of anilines is 1. The van der Waals surface area contributed by atoms with Gasteiger partial charge in [-0.25, -0.2) is 4.99 Å². The molecule has 1 aliphatic rings. The van der Waals surface area contributed by atoms with Crippen LogP contribution in [0.3, 0.4) is 0 Å². The SMILES string of the molecule is CCOc1ccccc1NC(=O)c1c(/N=C\c2cccn2C)sc2c1CCC2. The Morgan fingerprint density at radius 2 is 2.14 bits per heavy atom. The lowest BCUT2D eigenvalue weighted by atomic mass is 10.1. The van der Waals surface area contributed by atoms with Crippen molar-refractivity contribution in [1.29, 1.82) is 0 Å². The number of nitrogens with zero attached hydrogens (tertiary/aromatic N) is 2. The molecule has 0 fully saturated rings. The number of hydrogen-bond donors (Lipinski definition) is 1. The second kappa shape index (κ2) is 8.02. The van der Waals surface area contributed by atoms with Crippen molar-refractivity contribution < 1.29 is 9.53 Å². The van der Waals surface area contributed by atoms with Crippen LogP contribution in [0.2, 0.25) is 0 Å². The fourth-order valence-electron chi connectivity index (χ4n) is 3.48. The Morgan fingerprint density at radius 3 is 2.93 bits per heavy atom. The monoisotopic (exact) mass is 393 g/mol. The topological polar surface area (TPSA) is 55.6 Å². The average molecular weight is 394 g/mol. The van der Waals surface area contributed by atoms with E-state index in [2.05, 4.69) is 10.3 Å². The van der Waals surface area contributed by atoms with Gasteiger partial charge in [-0.05, 0) is 56.0 Å². The number of amides is 1. The van der Waals surface area contributed by atoms with Crippen molar-refractivity contribution in [2.45, 2.75) is 26.2 Å². The Bertz CT molecular complexity index is 1030. The first-order valence-electron chi connectivity index (χ1n) is 9.50. The number of carbonyl (C=O) groups excluding carboxylic acids is 1. The number of rotatable bonds is 6. The predicted molar refractivity (Wildman–Crippen MR) is 115 cm³/mol. The van der Waals surface area contributed by atoms with Crippen LogP contribution in [-0.2, 0) is 19.9 Å². The molecule has 2 aromatic heterocycles. The van der Waals surface area contributed by atoms with Gasteiger partial charge in [-0.15, -0.1) is 11.3 Å². The molecule has 2 heterocycles. The zero-order valence-electron chi connectivity index (χ0n) is 16.1. The molecule has 0 saturated carbocycles. The van der Waals surface area contributed by atoms with E-state index in [1.807, 2.05) is 67.3 Å². The molecule has 4 rings (SSSR count). The molecular formula is C22H23N3O2S. The molecule has 6 heteroatoms. The third-order valence-corrected chi connectivity index (χ3v) is 6.06. The molecule has 1 aromatic carbocycles. The quantitative estimate of drug-likeness (QED) is 0.601. The summed E-state index contributed by atoms with van der Waals surface area (Å²) in [4.78, 5) is 19.2. The van der Waals surface area contributed by atoms with Crippen molar-refractivity contribution in [2.24, 2.45) is 12.0 Å². The summed E-state index contributed by atoms with van der Waals surface area (Å²) in [5, 5.41) is 3.81. The van der Waals surface area contributed by atoms with Gasteiger partial charge >= 0.3 is 0 Å². The molecule has 1 N–H and O–H groups in total. The van der Waals surface area contributed by atoms with Crippen LogP contribution in [0.4, 0.5) is 10.7 Å². The van der Waals surface area contributed by atoms with Crippen molar-refractivity contribution in [2.75, 3.05) is 11.9 Å². The van der Waals surface area contributed by atoms with Gasteiger partial charge in [-0.1, -0.05) is 12.1 Å². The second-order valence-corrected chi connectivity index (χ2v) is 7.81. The van der Waals surface area contributed by atoms with E-state index in [0.29, 0.717) is 23.6 Å². The van der Waals surface area contributed by atoms with Crippen LogP contribution in [0.25, 0.3) is 0 Å². The van der Waals surface area contributed by atoms with E-state index < -0.39 is 0 Å². The highest BCUT2D eigenvalue weighted by atomic mass is 32.1. The van der Waals surface area contributed by atoms with E-state index in [0.717, 1.165) is 35.5 Å². The number of aryl methyl sites for hydroxylation is 2. The third kappa shape index (κ3) is 3.60. The maximum absolute atomic E-state index is 13.2. The van der Waals surface area contributed by atoms with Gasteiger partial charge in [0.2, 0.25) is 0 Å². The number of carbonyl (C=O) groups is 1. The molecule has 0 aliphatic heterocycles. The number of ether oxygens (including phenoxy) is 1. The Morgan fingerprint density at radius 1 is 1.29 bits per heavy atom. The Labute approximate surface area is 168 Å². The fourth-order valence-corrected chi connectivity index (χ4v) is 4.71. The van der Waals surface area contributed by atoms with Crippen molar-refractivity contribution in [1.82, 2.24) is 4.57 Å². The van der Waals surface area contributed by atoms with Crippen molar-refractivity contribution in [3.8, 4) is 5.75 Å². The molecule has 0 atom stereocenters. The molecule has 0 bridgehead atoms. The number of benzene rings is 1. The molecule has 0 unspecified atom stereocenters. The first kappa shape index (κ1) is 18.5. The van der Waals surface area contributed by atoms with Crippen molar-refractivity contribution in [3.63, 3.8) is 0 Å². The predicted octanol–water partition coefficient (Wildman–Crippen LogP) is 4.98. The summed E-state index contributed by atoms with van der Waals surface area (Å²) in [6.07, 6.45) is 6.86. The molecule has 28 heavy (non-hydrogen) atoms. The number of para-hydroxylation sites is 2. The Balaban J connectivity index is 1.66. The largest absolute Gasteiger partial charge is 0.492 e. The minimum absolute atomic E-state index is 0.120. The van der Waals surface area contributed by atoms with E-state index in [9.17, 15) is 4.79 Å². The number of thiophene rings is 1. The normalized spacial score (nSPS) is 13.1. The van der Waals surface area contributed by atoms with Gasteiger partial charge in [0.15, 0.2) is 0 Å². The van der Waals surface area contributed by atoms with E-state index >= 15 is 0 Å². The molecule has 0 spiro atoms. The van der Waals surface area contributed by atoms with Gasteiger partial charge in [0.1, 0.15) is 10.8 Å². The summed E-state index contributed by atoms with van der Waals surface area (Å²) >= 11 is 1.63. The third-order valence-electron chi connectivity index (χ3n) is 4.86. The maximum atomic E-state index is 13.2. The molecule has 3 aromatic rings. The van der Waals surface area contributed by atoms with E-state index in [1.54, 1.807) is 11.3 Å². The maximum Gasteiger partial charge on any atom is 0.259 e. The van der Waals surface area contributed by atoms with E-state index in [4.69, 9.17) is 4.74 Å². The van der Waals surface area contributed by atoms with Gasteiger partial charge in [0, 0.05) is 18.1 Å². The van der Waals surface area contributed by atoms with Crippen LogP contribution in [0.1, 0.15) is 39.8 Å². The number of aromatic nitrogens is 1. The lowest BCUT2D eigenvalue weighted by molar-refractivity contribution is 0.102. The molecule has 1 amide bonds. The zero-order chi connectivity index (χ0) is 19.5.